The van der Waals surface area contributed by atoms with E-state index in [1.165, 1.54) is 25.7 Å². The third-order valence-electron chi connectivity index (χ3n) is 6.10. The fourth-order valence-electron chi connectivity index (χ4n) is 4.14. The van der Waals surface area contributed by atoms with Crippen molar-refractivity contribution in [2.75, 3.05) is 38.3 Å². The van der Waals surface area contributed by atoms with Crippen LogP contribution in [0, 0.1) is 22.7 Å². The maximum atomic E-state index is 12.1. The molecule has 0 amide bonds. The molecule has 1 aliphatic heterocycles. The van der Waals surface area contributed by atoms with E-state index in [4.69, 9.17) is 18.6 Å². The average Bonchev–Trinajstić information content (AvgIpc) is 3.67. The minimum Gasteiger partial charge on any atom is -0.472 e. The van der Waals surface area contributed by atoms with Gasteiger partial charge in [-0.3, -0.25) is 0 Å². The number of carbonyl (C=O) groups excluding carboxylic acids is 1. The summed E-state index contributed by atoms with van der Waals surface area (Å²) in [7, 11) is 1.28. The van der Waals surface area contributed by atoms with E-state index in [0.717, 1.165) is 35.7 Å². The Bertz CT molecular complexity index is 1510. The summed E-state index contributed by atoms with van der Waals surface area (Å²) < 4.78 is 21.8. The van der Waals surface area contributed by atoms with Gasteiger partial charge in [-0.15, -0.1) is 11.3 Å². The number of benzene rings is 1. The molecule has 1 saturated heterocycles. The van der Waals surface area contributed by atoms with Crippen molar-refractivity contribution in [3.63, 3.8) is 0 Å². The van der Waals surface area contributed by atoms with Crippen LogP contribution < -0.4 is 9.64 Å². The van der Waals surface area contributed by atoms with Crippen molar-refractivity contribution in [3.8, 4) is 29.3 Å². The first kappa shape index (κ1) is 25.0. The van der Waals surface area contributed by atoms with E-state index >= 15 is 0 Å². The summed E-state index contributed by atoms with van der Waals surface area (Å²) in [5, 5.41) is 19.5. The number of hydrogen-bond donors (Lipinski definition) is 0. The van der Waals surface area contributed by atoms with E-state index < -0.39 is 12.1 Å². The number of carbonyl (C=O) groups is 1. The molecule has 190 valence electrons. The number of furan rings is 1. The zero-order chi connectivity index (χ0) is 26.5. The van der Waals surface area contributed by atoms with Gasteiger partial charge in [-0.2, -0.15) is 10.5 Å². The lowest BCUT2D eigenvalue weighted by Gasteiger charge is -2.28. The molecule has 9 nitrogen and oxygen atoms in total. The van der Waals surface area contributed by atoms with Crippen molar-refractivity contribution >= 4 is 23.0 Å². The number of morpholine rings is 1. The minimum absolute atomic E-state index is 0.102. The second-order valence-electron chi connectivity index (χ2n) is 8.35. The van der Waals surface area contributed by atoms with Gasteiger partial charge in [-0.25, -0.2) is 9.78 Å². The smallest absolute Gasteiger partial charge is 0.348 e. The van der Waals surface area contributed by atoms with E-state index in [1.54, 1.807) is 18.2 Å². The Labute approximate surface area is 223 Å². The molecule has 0 N–H and O–H groups in total. The standard InChI is InChI=1S/C28H22N4O5S/c1-34-28(33)24-14-21(16-30)26(38-24)25(20-8-11-36-17-20)37-27-19(15-29)4-7-23(31-27)18-2-5-22(6-3-18)32-9-12-35-13-10-32/h2-8,11,14,17,25H,9-10,12-13H2,1H3. The Balaban J connectivity index is 1.50. The molecular formula is C28H22N4O5S. The lowest BCUT2D eigenvalue weighted by Crippen LogP contribution is -2.36. The van der Waals surface area contributed by atoms with Gasteiger partial charge in [0, 0.05) is 29.9 Å². The summed E-state index contributed by atoms with van der Waals surface area (Å²) in [6.45, 7) is 3.09. The summed E-state index contributed by atoms with van der Waals surface area (Å²) in [6, 6.07) is 18.9. The molecule has 1 aromatic carbocycles. The van der Waals surface area contributed by atoms with Gasteiger partial charge in [-0.1, -0.05) is 12.1 Å². The second-order valence-corrected chi connectivity index (χ2v) is 9.44. The van der Waals surface area contributed by atoms with E-state index in [9.17, 15) is 15.3 Å². The van der Waals surface area contributed by atoms with Gasteiger partial charge in [-0.05, 0) is 36.4 Å². The molecule has 1 atom stereocenters. The van der Waals surface area contributed by atoms with E-state index in [2.05, 4.69) is 22.0 Å². The number of anilines is 1. The molecule has 0 aliphatic carbocycles. The Morgan fingerprint density at radius 2 is 1.84 bits per heavy atom. The number of nitriles is 2. The second kappa shape index (κ2) is 11.2. The summed E-state index contributed by atoms with van der Waals surface area (Å²) in [4.78, 5) is 19.8. The number of esters is 1. The lowest BCUT2D eigenvalue weighted by atomic mass is 10.1. The number of ether oxygens (including phenoxy) is 3. The third-order valence-corrected chi connectivity index (χ3v) is 7.26. The Hall–Kier alpha value is -4.64. The average molecular weight is 527 g/mol. The highest BCUT2D eigenvalue weighted by molar-refractivity contribution is 7.14. The largest absolute Gasteiger partial charge is 0.472 e. The first-order valence-electron chi connectivity index (χ1n) is 11.8. The SMILES string of the molecule is COC(=O)c1cc(C#N)c(C(Oc2nc(-c3ccc(N4CCOCC4)cc3)ccc2C#N)c2ccoc2)s1. The quantitative estimate of drug-likeness (QED) is 0.308. The fourth-order valence-corrected chi connectivity index (χ4v) is 5.22. The molecule has 0 radical (unpaired) electrons. The first-order chi connectivity index (χ1) is 18.6. The van der Waals surface area contributed by atoms with Crippen molar-refractivity contribution < 1.29 is 23.4 Å². The molecule has 0 bridgehead atoms. The Morgan fingerprint density at radius 3 is 2.50 bits per heavy atom. The maximum absolute atomic E-state index is 12.1. The Kier molecular flexibility index (Phi) is 7.36. The predicted octanol–water partition coefficient (Wildman–Crippen LogP) is 4.94. The molecule has 4 aromatic rings. The lowest BCUT2D eigenvalue weighted by molar-refractivity contribution is 0.0606. The van der Waals surface area contributed by atoms with Crippen molar-refractivity contribution in [1.82, 2.24) is 4.98 Å². The van der Waals surface area contributed by atoms with Gasteiger partial charge < -0.3 is 23.5 Å². The van der Waals surface area contributed by atoms with E-state index in [0.29, 0.717) is 29.3 Å². The van der Waals surface area contributed by atoms with Crippen molar-refractivity contribution in [2.24, 2.45) is 0 Å². The monoisotopic (exact) mass is 526 g/mol. The van der Waals surface area contributed by atoms with Gasteiger partial charge >= 0.3 is 5.97 Å². The van der Waals surface area contributed by atoms with E-state index in [1.807, 2.05) is 24.3 Å². The van der Waals surface area contributed by atoms with Gasteiger partial charge in [0.05, 0.1) is 49.0 Å². The molecule has 1 aliphatic rings. The molecule has 4 heterocycles. The molecular weight excluding hydrogens is 504 g/mol. The van der Waals surface area contributed by atoms with Crippen LogP contribution in [0.5, 0.6) is 5.88 Å². The molecule has 3 aromatic heterocycles. The van der Waals surface area contributed by atoms with Crippen LogP contribution in [0.2, 0.25) is 0 Å². The molecule has 0 saturated carbocycles. The number of pyridine rings is 1. The molecule has 5 rings (SSSR count). The first-order valence-corrected chi connectivity index (χ1v) is 12.6. The van der Waals surface area contributed by atoms with Gasteiger partial charge in [0.25, 0.3) is 0 Å². The van der Waals surface area contributed by atoms with Crippen LogP contribution in [0.15, 0.2) is 65.5 Å². The minimum atomic E-state index is -0.842. The highest BCUT2D eigenvalue weighted by Crippen LogP contribution is 2.37. The summed E-state index contributed by atoms with van der Waals surface area (Å²) in [5.41, 5.74) is 3.68. The van der Waals surface area contributed by atoms with Crippen LogP contribution in [0.4, 0.5) is 5.69 Å². The summed E-state index contributed by atoms with van der Waals surface area (Å²) in [6.07, 6.45) is 2.13. The van der Waals surface area contributed by atoms with Gasteiger partial charge in [0.1, 0.15) is 22.6 Å². The van der Waals surface area contributed by atoms with Crippen molar-refractivity contribution in [1.29, 1.82) is 10.5 Å². The molecule has 38 heavy (non-hydrogen) atoms. The Morgan fingerprint density at radius 1 is 1.08 bits per heavy atom. The van der Waals surface area contributed by atoms with Crippen LogP contribution in [0.25, 0.3) is 11.3 Å². The summed E-state index contributed by atoms with van der Waals surface area (Å²) in [5.74, 6) is -0.451. The number of thiophene rings is 1. The van der Waals surface area contributed by atoms with Crippen LogP contribution in [0.3, 0.4) is 0 Å². The predicted molar refractivity (Wildman–Crippen MR) is 139 cm³/mol. The topological polar surface area (TPSA) is 122 Å². The van der Waals surface area contributed by atoms with Crippen molar-refractivity contribution in [2.45, 2.75) is 6.10 Å². The molecule has 10 heteroatoms. The van der Waals surface area contributed by atoms with Crippen LogP contribution in [0.1, 0.15) is 37.3 Å². The van der Waals surface area contributed by atoms with Crippen LogP contribution in [-0.4, -0.2) is 44.4 Å². The zero-order valence-electron chi connectivity index (χ0n) is 20.4. The number of methoxy groups -OCH3 is 1. The van der Waals surface area contributed by atoms with Crippen LogP contribution >= 0.6 is 11.3 Å². The van der Waals surface area contributed by atoms with Crippen LogP contribution in [-0.2, 0) is 9.47 Å². The van der Waals surface area contributed by atoms with Gasteiger partial charge in [0.15, 0.2) is 6.10 Å². The number of nitrogens with zero attached hydrogens (tertiary/aromatic N) is 4. The highest BCUT2D eigenvalue weighted by atomic mass is 32.1. The third kappa shape index (κ3) is 5.09. The maximum Gasteiger partial charge on any atom is 0.348 e. The molecule has 1 fully saturated rings. The van der Waals surface area contributed by atoms with E-state index in [-0.39, 0.29) is 21.9 Å². The number of rotatable bonds is 7. The zero-order valence-corrected chi connectivity index (χ0v) is 21.2. The molecule has 0 spiro atoms. The number of aromatic nitrogens is 1. The van der Waals surface area contributed by atoms with Crippen molar-refractivity contribution in [3.05, 3.63) is 87.5 Å². The van der Waals surface area contributed by atoms with Gasteiger partial charge in [0.2, 0.25) is 5.88 Å². The summed E-state index contributed by atoms with van der Waals surface area (Å²) >= 11 is 1.08. The number of hydrogen-bond acceptors (Lipinski definition) is 10. The normalized spacial score (nSPS) is 13.8. The highest BCUT2D eigenvalue weighted by Gasteiger charge is 2.27. The fraction of sp³-hybridized carbons (Fsp3) is 0.214. The molecule has 1 unspecified atom stereocenters.